The minimum absolute atomic E-state index is 0.0901. The van der Waals surface area contributed by atoms with Crippen molar-refractivity contribution in [1.82, 2.24) is 0 Å². The topological polar surface area (TPSA) is 74.6 Å². The molecule has 2 fully saturated rings. The molecule has 0 radical (unpaired) electrons. The van der Waals surface area contributed by atoms with E-state index in [9.17, 15) is 19.8 Å². The zero-order valence-electron chi connectivity index (χ0n) is 15.8. The molecule has 2 N–H and O–H groups in total. The van der Waals surface area contributed by atoms with Crippen molar-refractivity contribution < 1.29 is 19.8 Å². The molecular weight excluding hydrogens is 316 g/mol. The van der Waals surface area contributed by atoms with Gasteiger partial charge in [0.25, 0.3) is 0 Å². The molecule has 25 heavy (non-hydrogen) atoms. The van der Waals surface area contributed by atoms with Crippen molar-refractivity contribution in [1.29, 1.82) is 0 Å². The van der Waals surface area contributed by atoms with Crippen LogP contribution in [0.4, 0.5) is 0 Å². The van der Waals surface area contributed by atoms with Gasteiger partial charge in [-0.1, -0.05) is 40.5 Å². The number of fused-ring (bicyclic) bond motifs is 1. The van der Waals surface area contributed by atoms with E-state index in [4.69, 9.17) is 0 Å². The third-order valence-corrected chi connectivity index (χ3v) is 7.44. The second kappa shape index (κ2) is 6.00. The van der Waals surface area contributed by atoms with E-state index < -0.39 is 23.1 Å². The Bertz CT molecular complexity index is 669. The number of allylic oxidation sites excluding steroid dienone is 2. The SMILES string of the molecule is CC1CCC2C(C)(C)CCCC2(C)C1CC1=C(O)C(=O)C=C(O)C1=O. The van der Waals surface area contributed by atoms with Gasteiger partial charge in [-0.05, 0) is 54.3 Å². The molecule has 0 aliphatic heterocycles. The Morgan fingerprint density at radius 2 is 1.80 bits per heavy atom. The Morgan fingerprint density at radius 3 is 2.48 bits per heavy atom. The van der Waals surface area contributed by atoms with Gasteiger partial charge in [0, 0.05) is 11.6 Å². The molecule has 0 aromatic rings. The van der Waals surface area contributed by atoms with Gasteiger partial charge in [0.05, 0.1) is 0 Å². The maximum Gasteiger partial charge on any atom is 0.227 e. The van der Waals surface area contributed by atoms with Crippen LogP contribution in [0.15, 0.2) is 23.2 Å². The van der Waals surface area contributed by atoms with Gasteiger partial charge >= 0.3 is 0 Å². The van der Waals surface area contributed by atoms with Gasteiger partial charge in [0.15, 0.2) is 11.5 Å². The normalized spacial score (nSPS) is 38.4. The van der Waals surface area contributed by atoms with Crippen LogP contribution < -0.4 is 0 Å². The zero-order valence-corrected chi connectivity index (χ0v) is 15.8. The van der Waals surface area contributed by atoms with Gasteiger partial charge in [-0.15, -0.1) is 0 Å². The van der Waals surface area contributed by atoms with Crippen molar-refractivity contribution >= 4 is 11.6 Å². The molecule has 4 heteroatoms. The first-order valence-electron chi connectivity index (χ1n) is 9.49. The molecule has 3 aliphatic carbocycles. The van der Waals surface area contributed by atoms with Crippen LogP contribution in [-0.4, -0.2) is 21.8 Å². The largest absolute Gasteiger partial charge is 0.504 e. The van der Waals surface area contributed by atoms with E-state index in [2.05, 4.69) is 27.7 Å². The van der Waals surface area contributed by atoms with Crippen molar-refractivity contribution in [2.75, 3.05) is 0 Å². The van der Waals surface area contributed by atoms with Crippen LogP contribution >= 0.6 is 0 Å². The summed E-state index contributed by atoms with van der Waals surface area (Å²) >= 11 is 0. The van der Waals surface area contributed by atoms with Crippen LogP contribution in [0.25, 0.3) is 0 Å². The van der Waals surface area contributed by atoms with Gasteiger partial charge in [-0.25, -0.2) is 0 Å². The molecule has 0 amide bonds. The number of carbonyl (C=O) groups is 2. The van der Waals surface area contributed by atoms with Gasteiger partial charge < -0.3 is 10.2 Å². The molecule has 0 aromatic carbocycles. The fourth-order valence-electron chi connectivity index (χ4n) is 6.12. The maximum atomic E-state index is 12.4. The number of aliphatic hydroxyl groups is 2. The van der Waals surface area contributed by atoms with Crippen LogP contribution in [0.5, 0.6) is 0 Å². The van der Waals surface area contributed by atoms with Crippen molar-refractivity contribution in [3.05, 3.63) is 23.2 Å². The summed E-state index contributed by atoms with van der Waals surface area (Å²) in [6, 6.07) is 0. The zero-order chi connectivity index (χ0) is 18.6. The summed E-state index contributed by atoms with van der Waals surface area (Å²) in [5.41, 5.74) is 0.468. The predicted molar refractivity (Wildman–Crippen MR) is 96.1 cm³/mol. The first kappa shape index (κ1) is 18.2. The number of ketones is 2. The lowest BCUT2D eigenvalue weighted by molar-refractivity contribution is -0.120. The molecule has 0 bridgehead atoms. The van der Waals surface area contributed by atoms with Gasteiger partial charge in [0.2, 0.25) is 11.6 Å². The van der Waals surface area contributed by atoms with Crippen molar-refractivity contribution in [2.45, 2.75) is 66.2 Å². The quantitative estimate of drug-likeness (QED) is 0.713. The summed E-state index contributed by atoms with van der Waals surface area (Å²) in [6.45, 7) is 9.25. The number of carbonyl (C=O) groups excluding carboxylic acids is 2. The fourth-order valence-corrected chi connectivity index (χ4v) is 6.12. The van der Waals surface area contributed by atoms with E-state index in [-0.39, 0.29) is 22.3 Å². The Morgan fingerprint density at radius 1 is 1.12 bits per heavy atom. The average molecular weight is 346 g/mol. The van der Waals surface area contributed by atoms with Crippen LogP contribution in [0.3, 0.4) is 0 Å². The second-order valence-electron chi connectivity index (χ2n) is 9.32. The number of rotatable bonds is 2. The Kier molecular flexibility index (Phi) is 4.37. The maximum absolute atomic E-state index is 12.4. The van der Waals surface area contributed by atoms with Gasteiger partial charge in [0.1, 0.15) is 0 Å². The van der Waals surface area contributed by atoms with E-state index in [1.807, 2.05) is 0 Å². The van der Waals surface area contributed by atoms with Crippen LogP contribution in [0, 0.1) is 28.6 Å². The third kappa shape index (κ3) is 2.84. The Balaban J connectivity index is 1.96. The molecule has 4 atom stereocenters. The molecule has 4 nitrogen and oxygen atoms in total. The summed E-state index contributed by atoms with van der Waals surface area (Å²) in [7, 11) is 0. The average Bonchev–Trinajstić information content (AvgIpc) is 2.51. The highest BCUT2D eigenvalue weighted by Crippen LogP contribution is 2.62. The number of hydrogen-bond donors (Lipinski definition) is 2. The van der Waals surface area contributed by atoms with Crippen LogP contribution in [0.2, 0.25) is 0 Å². The van der Waals surface area contributed by atoms with E-state index >= 15 is 0 Å². The lowest BCUT2D eigenvalue weighted by Crippen LogP contribution is -2.51. The molecule has 3 rings (SSSR count). The van der Waals surface area contributed by atoms with Crippen LogP contribution in [-0.2, 0) is 9.59 Å². The third-order valence-electron chi connectivity index (χ3n) is 7.44. The molecule has 0 heterocycles. The second-order valence-corrected chi connectivity index (χ2v) is 9.32. The van der Waals surface area contributed by atoms with Gasteiger partial charge in [-0.3, -0.25) is 9.59 Å². The highest BCUT2D eigenvalue weighted by atomic mass is 16.3. The summed E-state index contributed by atoms with van der Waals surface area (Å²) < 4.78 is 0. The monoisotopic (exact) mass is 346 g/mol. The summed E-state index contributed by atoms with van der Waals surface area (Å²) in [5.74, 6) is -1.05. The van der Waals surface area contributed by atoms with E-state index in [1.165, 1.54) is 19.3 Å². The Labute approximate surface area is 150 Å². The standard InChI is InChI=1S/C21H30O4/c1-12-6-7-17-20(2,3)8-5-9-21(17,4)14(12)10-13-18(24)15(22)11-16(23)19(13)25/h11-12,14,17,22,25H,5-10H2,1-4H3. The number of aliphatic hydroxyl groups excluding tert-OH is 2. The van der Waals surface area contributed by atoms with E-state index in [1.54, 1.807) is 0 Å². The van der Waals surface area contributed by atoms with Crippen molar-refractivity contribution in [2.24, 2.45) is 28.6 Å². The molecular formula is C21H30O4. The number of hydrogen-bond acceptors (Lipinski definition) is 4. The minimum atomic E-state index is -0.666. The molecule has 0 saturated heterocycles. The lowest BCUT2D eigenvalue weighted by atomic mass is 9.46. The van der Waals surface area contributed by atoms with Crippen LogP contribution in [0.1, 0.15) is 66.2 Å². The highest BCUT2D eigenvalue weighted by Gasteiger charge is 2.54. The Hall–Kier alpha value is -1.58. The summed E-state index contributed by atoms with van der Waals surface area (Å²) in [4.78, 5) is 24.2. The van der Waals surface area contributed by atoms with E-state index in [0.717, 1.165) is 18.9 Å². The molecule has 3 aliphatic rings. The molecule has 2 saturated carbocycles. The van der Waals surface area contributed by atoms with Gasteiger partial charge in [-0.2, -0.15) is 0 Å². The first-order valence-corrected chi connectivity index (χ1v) is 9.49. The summed E-state index contributed by atoms with van der Waals surface area (Å²) in [5, 5.41) is 19.9. The summed E-state index contributed by atoms with van der Waals surface area (Å²) in [6.07, 6.45) is 7.01. The molecule has 0 spiro atoms. The highest BCUT2D eigenvalue weighted by molar-refractivity contribution is 6.20. The van der Waals surface area contributed by atoms with Crippen molar-refractivity contribution in [3.63, 3.8) is 0 Å². The molecule has 138 valence electrons. The first-order chi connectivity index (χ1) is 11.6. The minimum Gasteiger partial charge on any atom is -0.504 e. The lowest BCUT2D eigenvalue weighted by Gasteiger charge is -2.59. The van der Waals surface area contributed by atoms with E-state index in [0.29, 0.717) is 18.3 Å². The smallest absolute Gasteiger partial charge is 0.227 e. The molecule has 0 aromatic heterocycles. The molecule has 4 unspecified atom stereocenters. The number of Topliss-reactive ketones (excluding diaryl/α,β-unsaturated/α-hetero) is 1. The van der Waals surface area contributed by atoms with Crippen molar-refractivity contribution in [3.8, 4) is 0 Å². The predicted octanol–water partition coefficient (Wildman–Crippen LogP) is 4.66. The fraction of sp³-hybridized carbons (Fsp3) is 0.714.